The first-order chi connectivity index (χ1) is 12.6. The van der Waals surface area contributed by atoms with Crippen LogP contribution in [0.15, 0.2) is 63.6 Å². The number of hydrogen-bond acceptors (Lipinski definition) is 4. The van der Waals surface area contributed by atoms with E-state index in [1.807, 2.05) is 35.2 Å². The minimum absolute atomic E-state index is 0.0988. The van der Waals surface area contributed by atoms with Crippen LogP contribution < -0.4 is 11.2 Å². The Morgan fingerprint density at radius 2 is 1.96 bits per heavy atom. The number of nitrogens with one attached hydrogen (secondary N) is 1. The number of amides is 1. The first-order valence-corrected chi connectivity index (χ1v) is 9.22. The highest BCUT2D eigenvalue weighted by molar-refractivity contribution is 7.10. The van der Waals surface area contributed by atoms with Crippen molar-refractivity contribution < 1.29 is 4.79 Å². The van der Waals surface area contributed by atoms with E-state index in [1.165, 1.54) is 21.7 Å². The topological polar surface area (TPSA) is 75.2 Å². The Morgan fingerprint density at radius 1 is 1.15 bits per heavy atom. The van der Waals surface area contributed by atoms with Gasteiger partial charge in [0.1, 0.15) is 6.54 Å². The average molecular weight is 367 g/mol. The average Bonchev–Trinajstić information content (AvgIpc) is 3.12. The molecule has 1 aliphatic rings. The molecule has 0 aliphatic carbocycles. The van der Waals surface area contributed by atoms with Gasteiger partial charge in [-0.3, -0.25) is 19.1 Å². The molecule has 0 saturated heterocycles. The Labute approximate surface area is 153 Å². The number of carbonyl (C=O) groups excluding carboxylic acids is 1. The second-order valence-corrected chi connectivity index (χ2v) is 7.19. The summed E-state index contributed by atoms with van der Waals surface area (Å²) in [6.07, 6.45) is 2.17. The van der Waals surface area contributed by atoms with Crippen molar-refractivity contribution in [2.45, 2.75) is 19.0 Å². The Balaban J connectivity index is 1.69. The molecule has 1 aliphatic heterocycles. The monoisotopic (exact) mass is 367 g/mol. The van der Waals surface area contributed by atoms with Crippen molar-refractivity contribution in [1.29, 1.82) is 0 Å². The van der Waals surface area contributed by atoms with Crippen LogP contribution in [0.5, 0.6) is 0 Å². The van der Waals surface area contributed by atoms with E-state index in [-0.39, 0.29) is 18.5 Å². The van der Waals surface area contributed by atoms with Crippen LogP contribution in [0, 0.1) is 0 Å². The van der Waals surface area contributed by atoms with Gasteiger partial charge < -0.3 is 4.90 Å². The molecule has 0 radical (unpaired) electrons. The molecule has 6 nitrogen and oxygen atoms in total. The summed E-state index contributed by atoms with van der Waals surface area (Å²) in [7, 11) is 0. The molecule has 1 unspecified atom stereocenters. The van der Waals surface area contributed by atoms with Crippen molar-refractivity contribution in [1.82, 2.24) is 14.5 Å². The lowest BCUT2D eigenvalue weighted by Gasteiger charge is -2.36. The fourth-order valence-electron chi connectivity index (χ4n) is 3.39. The number of benzene rings is 1. The molecule has 0 fully saturated rings. The van der Waals surface area contributed by atoms with E-state index in [0.717, 1.165) is 17.5 Å². The van der Waals surface area contributed by atoms with Gasteiger partial charge in [-0.15, -0.1) is 11.3 Å². The van der Waals surface area contributed by atoms with Gasteiger partial charge in [-0.1, -0.05) is 30.3 Å². The maximum Gasteiger partial charge on any atom is 0.328 e. The molecule has 0 bridgehead atoms. The number of aromatic amines is 1. The minimum Gasteiger partial charge on any atom is -0.330 e. The van der Waals surface area contributed by atoms with Crippen LogP contribution in [0.4, 0.5) is 0 Å². The van der Waals surface area contributed by atoms with Crippen molar-refractivity contribution in [2.75, 3.05) is 6.54 Å². The third-order valence-corrected chi connectivity index (χ3v) is 5.60. The smallest absolute Gasteiger partial charge is 0.328 e. The zero-order chi connectivity index (χ0) is 18.1. The highest BCUT2D eigenvalue weighted by Gasteiger charge is 2.32. The lowest BCUT2D eigenvalue weighted by Crippen LogP contribution is -2.43. The van der Waals surface area contributed by atoms with Crippen LogP contribution in [0.1, 0.15) is 22.0 Å². The molecule has 7 heteroatoms. The van der Waals surface area contributed by atoms with Gasteiger partial charge in [-0.25, -0.2) is 4.79 Å². The predicted molar refractivity (Wildman–Crippen MR) is 99.3 cm³/mol. The number of hydrogen-bond donors (Lipinski definition) is 1. The first-order valence-electron chi connectivity index (χ1n) is 8.34. The van der Waals surface area contributed by atoms with Crippen LogP contribution in [0.25, 0.3) is 0 Å². The predicted octanol–water partition coefficient (Wildman–Crippen LogP) is 1.77. The second-order valence-electron chi connectivity index (χ2n) is 6.19. The largest absolute Gasteiger partial charge is 0.330 e. The fourth-order valence-corrected chi connectivity index (χ4v) is 4.29. The standard InChI is InChI=1S/C19H17N3O3S/c23-16-7-9-21(19(25)20-16)12-17(24)22-10-6-15-14(8-11-26-15)18(22)13-4-2-1-3-5-13/h1-5,7-9,11,18H,6,10,12H2,(H,20,23,25). The van der Waals surface area contributed by atoms with E-state index >= 15 is 0 Å². The summed E-state index contributed by atoms with van der Waals surface area (Å²) in [4.78, 5) is 41.4. The van der Waals surface area contributed by atoms with Crippen LogP contribution in [0.2, 0.25) is 0 Å². The highest BCUT2D eigenvalue weighted by Crippen LogP contribution is 2.37. The van der Waals surface area contributed by atoms with Crippen LogP contribution in [-0.2, 0) is 17.8 Å². The van der Waals surface area contributed by atoms with Crippen molar-refractivity contribution in [3.05, 3.63) is 90.9 Å². The molecule has 26 heavy (non-hydrogen) atoms. The number of aromatic nitrogens is 2. The van der Waals surface area contributed by atoms with E-state index in [0.29, 0.717) is 6.54 Å². The maximum absolute atomic E-state index is 13.0. The lowest BCUT2D eigenvalue weighted by molar-refractivity contribution is -0.134. The zero-order valence-corrected chi connectivity index (χ0v) is 14.7. The third-order valence-electron chi connectivity index (χ3n) is 4.60. The highest BCUT2D eigenvalue weighted by atomic mass is 32.1. The number of thiophene rings is 1. The molecule has 1 amide bonds. The summed E-state index contributed by atoms with van der Waals surface area (Å²) in [6.45, 7) is 0.502. The second kappa shape index (κ2) is 6.76. The van der Waals surface area contributed by atoms with Crippen molar-refractivity contribution in [3.8, 4) is 0 Å². The van der Waals surface area contributed by atoms with E-state index in [4.69, 9.17) is 0 Å². The van der Waals surface area contributed by atoms with E-state index in [1.54, 1.807) is 11.3 Å². The molecular weight excluding hydrogens is 350 g/mol. The van der Waals surface area contributed by atoms with Gasteiger partial charge in [-0.05, 0) is 29.0 Å². The SMILES string of the molecule is O=C(Cn1ccc(=O)[nH]c1=O)N1CCc2sccc2C1c1ccccc1. The summed E-state index contributed by atoms with van der Waals surface area (Å²) >= 11 is 1.71. The summed E-state index contributed by atoms with van der Waals surface area (Å²) in [5.74, 6) is -0.148. The van der Waals surface area contributed by atoms with Crippen LogP contribution >= 0.6 is 11.3 Å². The Hall–Kier alpha value is -2.93. The summed E-state index contributed by atoms with van der Waals surface area (Å²) in [6, 6.07) is 13.1. The molecule has 1 aromatic carbocycles. The molecule has 3 heterocycles. The van der Waals surface area contributed by atoms with Gasteiger partial charge in [-0.2, -0.15) is 0 Å². The van der Waals surface area contributed by atoms with E-state index in [2.05, 4.69) is 16.4 Å². The van der Waals surface area contributed by atoms with Gasteiger partial charge in [0, 0.05) is 23.7 Å². The normalized spacial score (nSPS) is 16.3. The molecule has 1 N–H and O–H groups in total. The Morgan fingerprint density at radius 3 is 2.73 bits per heavy atom. The number of rotatable bonds is 3. The number of fused-ring (bicyclic) bond motifs is 1. The minimum atomic E-state index is -0.574. The van der Waals surface area contributed by atoms with Gasteiger partial charge in [0.25, 0.3) is 5.56 Å². The molecule has 1 atom stereocenters. The molecule has 2 aromatic heterocycles. The molecule has 132 valence electrons. The van der Waals surface area contributed by atoms with Gasteiger partial charge >= 0.3 is 5.69 Å². The summed E-state index contributed by atoms with van der Waals surface area (Å²) in [5, 5.41) is 2.06. The number of carbonyl (C=O) groups is 1. The molecular formula is C19H17N3O3S. The third kappa shape index (κ3) is 3.01. The van der Waals surface area contributed by atoms with Gasteiger partial charge in [0.05, 0.1) is 6.04 Å². The van der Waals surface area contributed by atoms with Crippen molar-refractivity contribution >= 4 is 17.2 Å². The van der Waals surface area contributed by atoms with Crippen molar-refractivity contribution in [2.24, 2.45) is 0 Å². The van der Waals surface area contributed by atoms with Crippen LogP contribution in [-0.4, -0.2) is 26.9 Å². The van der Waals surface area contributed by atoms with Crippen LogP contribution in [0.3, 0.4) is 0 Å². The fraction of sp³-hybridized carbons (Fsp3) is 0.211. The van der Waals surface area contributed by atoms with Gasteiger partial charge in [0.15, 0.2) is 0 Å². The molecule has 4 rings (SSSR count). The van der Waals surface area contributed by atoms with Crippen molar-refractivity contribution in [3.63, 3.8) is 0 Å². The summed E-state index contributed by atoms with van der Waals surface area (Å²) < 4.78 is 1.23. The lowest BCUT2D eigenvalue weighted by atomic mass is 9.93. The summed E-state index contributed by atoms with van der Waals surface area (Å²) in [5.41, 5.74) is 1.15. The number of H-pyrrole nitrogens is 1. The Kier molecular flexibility index (Phi) is 4.30. The molecule has 0 saturated carbocycles. The first kappa shape index (κ1) is 16.5. The van der Waals surface area contributed by atoms with Gasteiger partial charge in [0.2, 0.25) is 5.91 Å². The number of nitrogens with zero attached hydrogens (tertiary/aromatic N) is 2. The quantitative estimate of drug-likeness (QED) is 0.767. The molecule has 0 spiro atoms. The van der Waals surface area contributed by atoms with E-state index < -0.39 is 11.2 Å². The van der Waals surface area contributed by atoms with E-state index in [9.17, 15) is 14.4 Å². The zero-order valence-electron chi connectivity index (χ0n) is 13.9. The maximum atomic E-state index is 13.0. The Bertz CT molecular complexity index is 1050. The molecule has 3 aromatic rings.